The molecule has 4 N–H and O–H groups in total. The smallest absolute Gasteiger partial charge is 0.333 e. The highest BCUT2D eigenvalue weighted by Crippen LogP contribution is 1.89. The molecule has 0 saturated heterocycles. The zero-order valence-electron chi connectivity index (χ0n) is 6.88. The van der Waals surface area contributed by atoms with Crippen LogP contribution in [0.4, 0.5) is 0 Å². The molecule has 1 atom stereocenters. The van der Waals surface area contributed by atoms with Gasteiger partial charge >= 0.3 is 11.9 Å². The quantitative estimate of drug-likeness (QED) is 0.428. The van der Waals surface area contributed by atoms with E-state index in [0.717, 1.165) is 0 Å². The monoisotopic (exact) mass is 192 g/mol. The summed E-state index contributed by atoms with van der Waals surface area (Å²) in [6, 6.07) is 0. The molecule has 0 aromatic heterocycles. The van der Waals surface area contributed by atoms with Crippen LogP contribution in [0.1, 0.15) is 6.42 Å². The van der Waals surface area contributed by atoms with Gasteiger partial charge < -0.3 is 20.4 Å². The van der Waals surface area contributed by atoms with E-state index in [-0.39, 0.29) is 6.61 Å². The van der Waals surface area contributed by atoms with Crippen LogP contribution in [0.25, 0.3) is 0 Å². The summed E-state index contributed by atoms with van der Waals surface area (Å²) >= 11 is 0. The van der Waals surface area contributed by atoms with Crippen molar-refractivity contribution in [3.8, 4) is 0 Å². The van der Waals surface area contributed by atoms with Crippen molar-refractivity contribution in [3.05, 3.63) is 12.7 Å². The Balaban J connectivity index is 0. The largest absolute Gasteiger partial charge is 0.481 e. The second kappa shape index (κ2) is 8.69. The van der Waals surface area contributed by atoms with Crippen LogP contribution >= 0.6 is 0 Å². The second-order valence-corrected chi connectivity index (χ2v) is 1.92. The summed E-state index contributed by atoms with van der Waals surface area (Å²) in [5.41, 5.74) is 0. The summed E-state index contributed by atoms with van der Waals surface area (Å²) in [5.74, 6) is -2.85. The molecular formula is C7H12O6. The summed E-state index contributed by atoms with van der Waals surface area (Å²) in [6.45, 7) is 3.31. The van der Waals surface area contributed by atoms with Gasteiger partial charge in [0.15, 0.2) is 6.10 Å². The van der Waals surface area contributed by atoms with Crippen LogP contribution in [0.5, 0.6) is 0 Å². The van der Waals surface area contributed by atoms with Gasteiger partial charge in [-0.1, -0.05) is 6.08 Å². The van der Waals surface area contributed by atoms with Crippen LogP contribution in [-0.2, 0) is 9.59 Å². The molecule has 0 rings (SSSR count). The Morgan fingerprint density at radius 3 is 1.85 bits per heavy atom. The first-order valence-electron chi connectivity index (χ1n) is 3.30. The van der Waals surface area contributed by atoms with Gasteiger partial charge in [-0.15, -0.1) is 6.58 Å². The fourth-order valence-corrected chi connectivity index (χ4v) is 0.253. The number of hydrogen-bond donors (Lipinski definition) is 4. The Hall–Kier alpha value is -1.40. The van der Waals surface area contributed by atoms with Crippen molar-refractivity contribution in [3.63, 3.8) is 0 Å². The Labute approximate surface area is 74.7 Å². The van der Waals surface area contributed by atoms with Gasteiger partial charge in [-0.3, -0.25) is 4.79 Å². The van der Waals surface area contributed by atoms with Gasteiger partial charge in [0.25, 0.3) is 0 Å². The molecule has 0 aromatic rings. The number of hydrogen-bond acceptors (Lipinski definition) is 4. The number of carbonyl (C=O) groups is 2. The normalized spacial score (nSPS) is 10.6. The standard InChI is InChI=1S/C4H6O5.C3H6O/c5-2(4(8)9)1-3(6)7;1-2-3-4/h2,5H,1H2,(H,6,7)(H,8,9);2,4H,1,3H2. The zero-order chi connectivity index (χ0) is 10.9. The van der Waals surface area contributed by atoms with E-state index in [4.69, 9.17) is 20.4 Å². The zero-order valence-corrected chi connectivity index (χ0v) is 6.88. The number of carboxylic acids is 2. The highest BCUT2D eigenvalue weighted by Gasteiger charge is 2.16. The number of carboxylic acid groups (broad SMARTS) is 2. The van der Waals surface area contributed by atoms with Gasteiger partial charge in [-0.05, 0) is 0 Å². The van der Waals surface area contributed by atoms with Crippen molar-refractivity contribution in [2.45, 2.75) is 12.5 Å². The lowest BCUT2D eigenvalue weighted by Gasteiger charge is -1.97. The minimum absolute atomic E-state index is 0.0833. The Morgan fingerprint density at radius 2 is 1.77 bits per heavy atom. The predicted molar refractivity (Wildman–Crippen MR) is 43.2 cm³/mol. The molecule has 1 unspecified atom stereocenters. The van der Waals surface area contributed by atoms with E-state index in [2.05, 4.69) is 6.58 Å². The molecule has 0 amide bonds. The van der Waals surface area contributed by atoms with Gasteiger partial charge in [0.1, 0.15) is 0 Å². The summed E-state index contributed by atoms with van der Waals surface area (Å²) in [5, 5.41) is 31.9. The van der Waals surface area contributed by atoms with Crippen molar-refractivity contribution in [2.75, 3.05) is 6.61 Å². The SMILES string of the molecule is C=CCO.O=C(O)CC(O)C(=O)O. The van der Waals surface area contributed by atoms with Gasteiger partial charge in [0.2, 0.25) is 0 Å². The third-order valence-corrected chi connectivity index (χ3v) is 0.782. The molecule has 0 bridgehead atoms. The summed E-state index contributed by atoms with van der Waals surface area (Å²) in [6.07, 6.45) is -1.11. The number of aliphatic hydroxyl groups excluding tert-OH is 2. The third-order valence-electron chi connectivity index (χ3n) is 0.782. The molecule has 0 fully saturated rings. The predicted octanol–water partition coefficient (Wildman–Crippen LogP) is -0.929. The summed E-state index contributed by atoms with van der Waals surface area (Å²) in [4.78, 5) is 19.4. The van der Waals surface area contributed by atoms with E-state index in [1.807, 2.05) is 0 Å². The van der Waals surface area contributed by atoms with Gasteiger partial charge in [0, 0.05) is 0 Å². The van der Waals surface area contributed by atoms with Crippen molar-refractivity contribution < 1.29 is 30.0 Å². The molecule has 6 nitrogen and oxygen atoms in total. The molecule has 0 saturated carbocycles. The van der Waals surface area contributed by atoms with Crippen LogP contribution in [0.3, 0.4) is 0 Å². The van der Waals surface area contributed by atoms with Gasteiger partial charge in [0.05, 0.1) is 13.0 Å². The molecule has 0 aliphatic heterocycles. The van der Waals surface area contributed by atoms with Crippen LogP contribution < -0.4 is 0 Å². The van der Waals surface area contributed by atoms with Crippen molar-refractivity contribution in [1.82, 2.24) is 0 Å². The van der Waals surface area contributed by atoms with Gasteiger partial charge in [-0.2, -0.15) is 0 Å². The topological polar surface area (TPSA) is 115 Å². The molecule has 0 aliphatic carbocycles. The lowest BCUT2D eigenvalue weighted by molar-refractivity contribution is -0.152. The number of rotatable bonds is 4. The van der Waals surface area contributed by atoms with Crippen molar-refractivity contribution >= 4 is 11.9 Å². The Bertz CT molecular complexity index is 176. The van der Waals surface area contributed by atoms with E-state index < -0.39 is 24.5 Å². The minimum atomic E-state index is -1.79. The molecule has 0 heterocycles. The molecule has 13 heavy (non-hydrogen) atoms. The summed E-state index contributed by atoms with van der Waals surface area (Å²) < 4.78 is 0. The fourth-order valence-electron chi connectivity index (χ4n) is 0.253. The lowest BCUT2D eigenvalue weighted by atomic mass is 10.3. The van der Waals surface area contributed by atoms with Crippen LogP contribution in [-0.4, -0.2) is 45.1 Å². The molecule has 0 spiro atoms. The van der Waals surface area contributed by atoms with Gasteiger partial charge in [-0.25, -0.2) is 4.79 Å². The molecule has 6 heteroatoms. The lowest BCUT2D eigenvalue weighted by Crippen LogP contribution is -2.22. The van der Waals surface area contributed by atoms with E-state index in [9.17, 15) is 9.59 Å². The first-order valence-corrected chi connectivity index (χ1v) is 3.30. The van der Waals surface area contributed by atoms with Crippen LogP contribution in [0, 0.1) is 0 Å². The Morgan fingerprint density at radius 1 is 1.38 bits per heavy atom. The molecule has 0 aromatic carbocycles. The molecule has 0 radical (unpaired) electrons. The van der Waals surface area contributed by atoms with E-state index >= 15 is 0 Å². The maximum atomic E-state index is 9.72. The average Bonchev–Trinajstić information content (AvgIpc) is 2.03. The Kier molecular flexibility index (Phi) is 9.46. The minimum Gasteiger partial charge on any atom is -0.481 e. The fraction of sp³-hybridized carbons (Fsp3) is 0.429. The van der Waals surface area contributed by atoms with Crippen LogP contribution in [0.2, 0.25) is 0 Å². The highest BCUT2D eigenvalue weighted by molar-refractivity contribution is 5.79. The van der Waals surface area contributed by atoms with E-state index in [1.165, 1.54) is 6.08 Å². The first-order chi connectivity index (χ1) is 5.95. The third kappa shape index (κ3) is 13.6. The van der Waals surface area contributed by atoms with Crippen molar-refractivity contribution in [1.29, 1.82) is 0 Å². The van der Waals surface area contributed by atoms with E-state index in [1.54, 1.807) is 0 Å². The summed E-state index contributed by atoms with van der Waals surface area (Å²) in [7, 11) is 0. The number of aliphatic carboxylic acids is 2. The average molecular weight is 192 g/mol. The van der Waals surface area contributed by atoms with Crippen LogP contribution in [0.15, 0.2) is 12.7 Å². The second-order valence-electron chi connectivity index (χ2n) is 1.92. The first kappa shape index (κ1) is 14.1. The molecule has 0 aliphatic rings. The molecular weight excluding hydrogens is 180 g/mol. The van der Waals surface area contributed by atoms with Crippen molar-refractivity contribution in [2.24, 2.45) is 0 Å². The highest BCUT2D eigenvalue weighted by atomic mass is 16.4. The number of aliphatic hydroxyl groups is 2. The maximum Gasteiger partial charge on any atom is 0.333 e. The maximum absolute atomic E-state index is 9.72. The molecule has 76 valence electrons. The van der Waals surface area contributed by atoms with E-state index in [0.29, 0.717) is 0 Å².